The molecular formula is C14H20N2O2. The van der Waals surface area contributed by atoms with Gasteiger partial charge >= 0.3 is 0 Å². The van der Waals surface area contributed by atoms with Gasteiger partial charge in [-0.3, -0.25) is 4.79 Å². The van der Waals surface area contributed by atoms with Crippen molar-refractivity contribution >= 4 is 11.6 Å². The van der Waals surface area contributed by atoms with Crippen LogP contribution in [0.3, 0.4) is 0 Å². The standard InChI is InChI=1S/C14H20N2O2/c15-13-3-1-11(2-4-13)9-14(17)16-7-5-12-6-8-18-10-12/h1-4,12H,5-10,15H2,(H,16,17). The minimum atomic E-state index is 0.0682. The number of nitrogens with two attached hydrogens (primary N) is 1. The zero-order chi connectivity index (χ0) is 12.8. The molecule has 1 amide bonds. The lowest BCUT2D eigenvalue weighted by Crippen LogP contribution is -2.27. The maximum atomic E-state index is 11.7. The molecule has 1 atom stereocenters. The third-order valence-electron chi connectivity index (χ3n) is 3.24. The number of nitrogens with one attached hydrogen (secondary N) is 1. The van der Waals surface area contributed by atoms with Crippen LogP contribution in [0, 0.1) is 5.92 Å². The Bertz CT molecular complexity index is 383. The van der Waals surface area contributed by atoms with E-state index in [1.807, 2.05) is 24.3 Å². The molecule has 0 spiro atoms. The summed E-state index contributed by atoms with van der Waals surface area (Å²) in [5.41, 5.74) is 7.31. The van der Waals surface area contributed by atoms with E-state index in [1.165, 1.54) is 0 Å². The van der Waals surface area contributed by atoms with E-state index in [0.717, 1.165) is 43.9 Å². The minimum absolute atomic E-state index is 0.0682. The van der Waals surface area contributed by atoms with Gasteiger partial charge in [-0.2, -0.15) is 0 Å². The summed E-state index contributed by atoms with van der Waals surface area (Å²) in [5, 5.41) is 2.95. The van der Waals surface area contributed by atoms with Crippen molar-refractivity contribution in [3.8, 4) is 0 Å². The molecule has 1 heterocycles. The smallest absolute Gasteiger partial charge is 0.224 e. The summed E-state index contributed by atoms with van der Waals surface area (Å²) in [4.78, 5) is 11.7. The predicted molar refractivity (Wildman–Crippen MR) is 71.1 cm³/mol. The maximum absolute atomic E-state index is 11.7. The first kappa shape index (κ1) is 12.9. The number of anilines is 1. The summed E-state index contributed by atoms with van der Waals surface area (Å²) in [6, 6.07) is 7.41. The molecule has 0 bridgehead atoms. The second-order valence-electron chi connectivity index (χ2n) is 4.79. The first-order valence-corrected chi connectivity index (χ1v) is 6.43. The van der Waals surface area contributed by atoms with Crippen LogP contribution >= 0.6 is 0 Å². The van der Waals surface area contributed by atoms with Crippen LogP contribution in [0.4, 0.5) is 5.69 Å². The van der Waals surface area contributed by atoms with Gasteiger partial charge in [0, 0.05) is 25.4 Å². The number of hydrogen-bond acceptors (Lipinski definition) is 3. The van der Waals surface area contributed by atoms with Crippen LogP contribution in [-0.2, 0) is 16.0 Å². The van der Waals surface area contributed by atoms with Gasteiger partial charge in [0.15, 0.2) is 0 Å². The molecule has 3 N–H and O–H groups in total. The zero-order valence-corrected chi connectivity index (χ0v) is 10.5. The second kappa shape index (κ2) is 6.40. The van der Waals surface area contributed by atoms with Gasteiger partial charge in [-0.25, -0.2) is 0 Å². The summed E-state index contributed by atoms with van der Waals surface area (Å²) in [6.07, 6.45) is 2.54. The Morgan fingerprint density at radius 1 is 1.39 bits per heavy atom. The van der Waals surface area contributed by atoms with Crippen LogP contribution < -0.4 is 11.1 Å². The molecule has 0 aliphatic carbocycles. The quantitative estimate of drug-likeness (QED) is 0.773. The fourth-order valence-electron chi connectivity index (χ4n) is 2.11. The Morgan fingerprint density at radius 3 is 2.83 bits per heavy atom. The SMILES string of the molecule is Nc1ccc(CC(=O)NCCC2CCOC2)cc1. The lowest BCUT2D eigenvalue weighted by Gasteiger charge is -2.09. The molecule has 0 radical (unpaired) electrons. The Kier molecular flexibility index (Phi) is 4.59. The average Bonchev–Trinajstić information content (AvgIpc) is 2.85. The second-order valence-corrected chi connectivity index (χ2v) is 4.79. The molecule has 1 aromatic rings. The number of carbonyl (C=O) groups excluding carboxylic acids is 1. The number of carbonyl (C=O) groups is 1. The van der Waals surface area contributed by atoms with E-state index in [-0.39, 0.29) is 5.91 Å². The van der Waals surface area contributed by atoms with E-state index >= 15 is 0 Å². The van der Waals surface area contributed by atoms with Gasteiger partial charge < -0.3 is 15.8 Å². The lowest BCUT2D eigenvalue weighted by molar-refractivity contribution is -0.120. The first-order valence-electron chi connectivity index (χ1n) is 6.43. The molecule has 0 saturated carbocycles. The summed E-state index contributed by atoms with van der Waals surface area (Å²) < 4.78 is 5.30. The van der Waals surface area contributed by atoms with E-state index in [4.69, 9.17) is 10.5 Å². The maximum Gasteiger partial charge on any atom is 0.224 e. The molecule has 1 aliphatic heterocycles. The van der Waals surface area contributed by atoms with Gasteiger partial charge in [-0.15, -0.1) is 0 Å². The minimum Gasteiger partial charge on any atom is -0.399 e. The molecule has 1 aliphatic rings. The summed E-state index contributed by atoms with van der Waals surface area (Å²) in [7, 11) is 0. The van der Waals surface area contributed by atoms with Gasteiger partial charge in [0.25, 0.3) is 0 Å². The average molecular weight is 248 g/mol. The highest BCUT2D eigenvalue weighted by atomic mass is 16.5. The Labute approximate surface area is 108 Å². The molecule has 4 heteroatoms. The molecule has 1 fully saturated rings. The van der Waals surface area contributed by atoms with E-state index in [2.05, 4.69) is 5.32 Å². The van der Waals surface area contributed by atoms with Crippen LogP contribution in [0.5, 0.6) is 0 Å². The number of ether oxygens (including phenoxy) is 1. The monoisotopic (exact) mass is 248 g/mol. The van der Waals surface area contributed by atoms with Crippen molar-refractivity contribution in [2.45, 2.75) is 19.3 Å². The van der Waals surface area contributed by atoms with E-state index in [9.17, 15) is 4.79 Å². The van der Waals surface area contributed by atoms with Crippen molar-refractivity contribution in [1.82, 2.24) is 5.32 Å². The molecule has 18 heavy (non-hydrogen) atoms. The molecule has 2 rings (SSSR count). The number of hydrogen-bond donors (Lipinski definition) is 2. The van der Waals surface area contributed by atoms with E-state index in [0.29, 0.717) is 12.3 Å². The zero-order valence-electron chi connectivity index (χ0n) is 10.5. The van der Waals surface area contributed by atoms with Crippen molar-refractivity contribution in [3.05, 3.63) is 29.8 Å². The van der Waals surface area contributed by atoms with Crippen molar-refractivity contribution < 1.29 is 9.53 Å². The largest absolute Gasteiger partial charge is 0.399 e. The predicted octanol–water partition coefficient (Wildman–Crippen LogP) is 1.35. The number of nitrogen functional groups attached to an aromatic ring is 1. The molecular weight excluding hydrogens is 228 g/mol. The van der Waals surface area contributed by atoms with Crippen molar-refractivity contribution in [2.75, 3.05) is 25.5 Å². The summed E-state index contributed by atoms with van der Waals surface area (Å²) in [6.45, 7) is 2.44. The van der Waals surface area contributed by atoms with Crippen LogP contribution in [0.1, 0.15) is 18.4 Å². The first-order chi connectivity index (χ1) is 8.74. The molecule has 1 aromatic carbocycles. The van der Waals surface area contributed by atoms with Gasteiger partial charge in [0.2, 0.25) is 5.91 Å². The van der Waals surface area contributed by atoms with Crippen LogP contribution in [0.2, 0.25) is 0 Å². The third-order valence-corrected chi connectivity index (χ3v) is 3.24. The highest BCUT2D eigenvalue weighted by Gasteiger charge is 2.15. The van der Waals surface area contributed by atoms with Crippen molar-refractivity contribution in [3.63, 3.8) is 0 Å². The van der Waals surface area contributed by atoms with Crippen LogP contribution in [-0.4, -0.2) is 25.7 Å². The summed E-state index contributed by atoms with van der Waals surface area (Å²) in [5.74, 6) is 0.681. The Balaban J connectivity index is 1.66. The normalized spacial score (nSPS) is 18.8. The van der Waals surface area contributed by atoms with Crippen molar-refractivity contribution in [1.29, 1.82) is 0 Å². The lowest BCUT2D eigenvalue weighted by atomic mass is 10.1. The van der Waals surface area contributed by atoms with Crippen LogP contribution in [0.15, 0.2) is 24.3 Å². The fourth-order valence-corrected chi connectivity index (χ4v) is 2.11. The molecule has 0 aromatic heterocycles. The highest BCUT2D eigenvalue weighted by molar-refractivity contribution is 5.78. The van der Waals surface area contributed by atoms with E-state index < -0.39 is 0 Å². The highest BCUT2D eigenvalue weighted by Crippen LogP contribution is 2.15. The number of amides is 1. The van der Waals surface area contributed by atoms with Gasteiger partial charge in [0.1, 0.15) is 0 Å². The molecule has 1 saturated heterocycles. The van der Waals surface area contributed by atoms with E-state index in [1.54, 1.807) is 0 Å². The topological polar surface area (TPSA) is 64.4 Å². The molecule has 4 nitrogen and oxygen atoms in total. The number of rotatable bonds is 5. The van der Waals surface area contributed by atoms with Gasteiger partial charge in [-0.05, 0) is 36.5 Å². The number of benzene rings is 1. The Hall–Kier alpha value is -1.55. The summed E-state index contributed by atoms with van der Waals surface area (Å²) >= 11 is 0. The molecule has 1 unspecified atom stereocenters. The van der Waals surface area contributed by atoms with Crippen molar-refractivity contribution in [2.24, 2.45) is 5.92 Å². The fraction of sp³-hybridized carbons (Fsp3) is 0.500. The van der Waals surface area contributed by atoms with Crippen LogP contribution in [0.25, 0.3) is 0 Å². The van der Waals surface area contributed by atoms with Gasteiger partial charge in [0.05, 0.1) is 6.42 Å². The molecule has 98 valence electrons. The third kappa shape index (κ3) is 4.04. The Morgan fingerprint density at radius 2 is 2.17 bits per heavy atom. The van der Waals surface area contributed by atoms with Gasteiger partial charge in [-0.1, -0.05) is 12.1 Å².